The smallest absolute Gasteiger partial charge is 0.00631 e. The molecule has 0 spiro atoms. The molecule has 0 radical (unpaired) electrons. The van der Waals surface area contributed by atoms with Crippen LogP contribution in [-0.4, -0.2) is 55.6 Å². The van der Waals surface area contributed by atoms with Crippen LogP contribution in [0.25, 0.3) is 0 Å². The van der Waals surface area contributed by atoms with E-state index in [1.165, 1.54) is 45.6 Å². The Morgan fingerprint density at radius 3 is 2.38 bits per heavy atom. The summed E-state index contributed by atoms with van der Waals surface area (Å²) in [6.45, 7) is 6.34. The average Bonchev–Trinajstić information content (AvgIpc) is 2.06. The molecule has 2 heterocycles. The van der Waals surface area contributed by atoms with Crippen molar-refractivity contribution in [1.29, 1.82) is 0 Å². The minimum atomic E-state index is 0.473. The Bertz CT molecular complexity index is 158. The van der Waals surface area contributed by atoms with Crippen LogP contribution < -0.4 is 5.73 Å². The Hall–Kier alpha value is -0.120. The van der Waals surface area contributed by atoms with Gasteiger partial charge in [-0.15, -0.1) is 0 Å². The number of hydrogen-bond donors (Lipinski definition) is 1. The Morgan fingerprint density at radius 1 is 1.23 bits per heavy atom. The second-order valence-corrected chi connectivity index (χ2v) is 4.73. The molecule has 0 aromatic heterocycles. The van der Waals surface area contributed by atoms with Gasteiger partial charge in [0.2, 0.25) is 0 Å². The van der Waals surface area contributed by atoms with E-state index in [1.54, 1.807) is 0 Å². The number of rotatable bonds is 2. The van der Waals surface area contributed by atoms with Gasteiger partial charge in [0.1, 0.15) is 0 Å². The van der Waals surface area contributed by atoms with Crippen molar-refractivity contribution in [1.82, 2.24) is 9.80 Å². The second kappa shape index (κ2) is 3.95. The summed E-state index contributed by atoms with van der Waals surface area (Å²) >= 11 is 0. The molecule has 3 heteroatoms. The monoisotopic (exact) mass is 183 g/mol. The molecule has 2 aliphatic heterocycles. The molecule has 0 aromatic rings. The molecule has 0 saturated carbocycles. The number of piperidine rings is 1. The van der Waals surface area contributed by atoms with Crippen molar-refractivity contribution in [3.8, 4) is 0 Å². The Labute approximate surface area is 80.9 Å². The molecule has 0 unspecified atom stereocenters. The summed E-state index contributed by atoms with van der Waals surface area (Å²) in [7, 11) is 2.20. The van der Waals surface area contributed by atoms with Crippen molar-refractivity contribution in [2.45, 2.75) is 18.9 Å². The molecule has 76 valence electrons. The first-order valence-corrected chi connectivity index (χ1v) is 5.40. The van der Waals surface area contributed by atoms with Crippen LogP contribution in [0.3, 0.4) is 0 Å². The van der Waals surface area contributed by atoms with Crippen molar-refractivity contribution in [3.05, 3.63) is 0 Å². The van der Waals surface area contributed by atoms with Crippen molar-refractivity contribution in [2.24, 2.45) is 11.7 Å². The first-order valence-electron chi connectivity index (χ1n) is 5.40. The van der Waals surface area contributed by atoms with Gasteiger partial charge in [0.25, 0.3) is 0 Å². The largest absolute Gasteiger partial charge is 0.328 e. The summed E-state index contributed by atoms with van der Waals surface area (Å²) in [5, 5.41) is 0. The van der Waals surface area contributed by atoms with E-state index in [1.807, 2.05) is 0 Å². The van der Waals surface area contributed by atoms with E-state index in [2.05, 4.69) is 16.8 Å². The van der Waals surface area contributed by atoms with Crippen molar-refractivity contribution in [3.63, 3.8) is 0 Å². The molecule has 0 bridgehead atoms. The zero-order valence-corrected chi connectivity index (χ0v) is 8.58. The van der Waals surface area contributed by atoms with E-state index in [0.717, 1.165) is 5.92 Å². The Balaban J connectivity index is 1.65. The van der Waals surface area contributed by atoms with Gasteiger partial charge >= 0.3 is 0 Å². The van der Waals surface area contributed by atoms with Gasteiger partial charge < -0.3 is 15.5 Å². The highest BCUT2D eigenvalue weighted by atomic mass is 15.2. The third kappa shape index (κ3) is 2.42. The topological polar surface area (TPSA) is 32.5 Å². The molecule has 0 amide bonds. The van der Waals surface area contributed by atoms with Gasteiger partial charge in [0, 0.05) is 25.7 Å². The zero-order chi connectivity index (χ0) is 9.26. The number of hydrogen-bond acceptors (Lipinski definition) is 3. The molecule has 0 aliphatic carbocycles. The van der Waals surface area contributed by atoms with E-state index < -0.39 is 0 Å². The number of nitrogens with zero attached hydrogens (tertiary/aromatic N) is 2. The van der Waals surface area contributed by atoms with Crippen molar-refractivity contribution in [2.75, 3.05) is 39.8 Å². The molecular weight excluding hydrogens is 162 g/mol. The summed E-state index contributed by atoms with van der Waals surface area (Å²) in [5.41, 5.74) is 5.86. The van der Waals surface area contributed by atoms with Gasteiger partial charge in [-0.2, -0.15) is 0 Å². The molecule has 0 aromatic carbocycles. The highest BCUT2D eigenvalue weighted by Gasteiger charge is 2.26. The van der Waals surface area contributed by atoms with Gasteiger partial charge in [-0.05, 0) is 38.9 Å². The molecule has 13 heavy (non-hydrogen) atoms. The second-order valence-electron chi connectivity index (χ2n) is 4.73. The highest BCUT2D eigenvalue weighted by Crippen LogP contribution is 2.17. The lowest BCUT2D eigenvalue weighted by Crippen LogP contribution is -2.51. The Kier molecular flexibility index (Phi) is 2.86. The fourth-order valence-corrected chi connectivity index (χ4v) is 2.44. The summed E-state index contributed by atoms with van der Waals surface area (Å²) in [6.07, 6.45) is 2.39. The van der Waals surface area contributed by atoms with Gasteiger partial charge in [0.15, 0.2) is 0 Å². The summed E-state index contributed by atoms with van der Waals surface area (Å²) in [5.74, 6) is 0.930. The molecule has 2 N–H and O–H groups in total. The van der Waals surface area contributed by atoms with Crippen LogP contribution in [-0.2, 0) is 0 Å². The maximum atomic E-state index is 5.86. The van der Waals surface area contributed by atoms with E-state index >= 15 is 0 Å². The van der Waals surface area contributed by atoms with E-state index in [-0.39, 0.29) is 0 Å². The molecule has 2 rings (SSSR count). The maximum absolute atomic E-state index is 5.86. The molecule has 0 atom stereocenters. The van der Waals surface area contributed by atoms with E-state index in [4.69, 9.17) is 5.73 Å². The third-order valence-electron chi connectivity index (χ3n) is 3.29. The van der Waals surface area contributed by atoms with Crippen LogP contribution in [0.2, 0.25) is 0 Å². The van der Waals surface area contributed by atoms with Crippen molar-refractivity contribution < 1.29 is 0 Å². The molecule has 2 aliphatic rings. The predicted molar refractivity (Wildman–Crippen MR) is 54.6 cm³/mol. The number of likely N-dealkylation sites (tertiary alicyclic amines) is 2. The first kappa shape index (κ1) is 9.44. The predicted octanol–water partition coefficient (Wildman–Crippen LogP) is -0.0289. The minimum absolute atomic E-state index is 0.473. The summed E-state index contributed by atoms with van der Waals surface area (Å²) in [4.78, 5) is 4.97. The van der Waals surface area contributed by atoms with Crippen LogP contribution in [0.4, 0.5) is 0 Å². The average molecular weight is 183 g/mol. The lowest BCUT2D eigenvalue weighted by atomic mass is 9.98. The molecule has 2 saturated heterocycles. The summed E-state index contributed by atoms with van der Waals surface area (Å²) in [6, 6.07) is 0.473. The maximum Gasteiger partial charge on any atom is 0.00631 e. The molecule has 2 fully saturated rings. The standard InChI is InChI=1S/C10H21N3/c1-12-6-9(7-12)8-13-4-2-10(11)3-5-13/h9-10H,2-8,11H2,1H3. The van der Waals surface area contributed by atoms with Gasteiger partial charge in [-0.25, -0.2) is 0 Å². The Morgan fingerprint density at radius 2 is 1.85 bits per heavy atom. The van der Waals surface area contributed by atoms with E-state index in [9.17, 15) is 0 Å². The fraction of sp³-hybridized carbons (Fsp3) is 1.00. The minimum Gasteiger partial charge on any atom is -0.328 e. The van der Waals surface area contributed by atoms with Gasteiger partial charge in [-0.3, -0.25) is 0 Å². The SMILES string of the molecule is CN1CC(CN2CCC(N)CC2)C1. The van der Waals surface area contributed by atoms with Gasteiger partial charge in [0.05, 0.1) is 0 Å². The van der Waals surface area contributed by atoms with Crippen LogP contribution in [0, 0.1) is 5.92 Å². The zero-order valence-electron chi connectivity index (χ0n) is 8.58. The lowest BCUT2D eigenvalue weighted by molar-refractivity contribution is 0.0801. The summed E-state index contributed by atoms with van der Waals surface area (Å²) < 4.78 is 0. The molecule has 3 nitrogen and oxygen atoms in total. The third-order valence-corrected chi connectivity index (χ3v) is 3.29. The fourth-order valence-electron chi connectivity index (χ4n) is 2.44. The van der Waals surface area contributed by atoms with E-state index in [0.29, 0.717) is 6.04 Å². The molecular formula is C10H21N3. The van der Waals surface area contributed by atoms with Crippen LogP contribution in [0.1, 0.15) is 12.8 Å². The van der Waals surface area contributed by atoms with Crippen LogP contribution >= 0.6 is 0 Å². The number of nitrogens with two attached hydrogens (primary N) is 1. The quantitative estimate of drug-likeness (QED) is 0.652. The van der Waals surface area contributed by atoms with Crippen LogP contribution in [0.5, 0.6) is 0 Å². The lowest BCUT2D eigenvalue weighted by Gasteiger charge is -2.41. The highest BCUT2D eigenvalue weighted by molar-refractivity contribution is 4.82. The first-order chi connectivity index (χ1) is 6.24. The van der Waals surface area contributed by atoms with Gasteiger partial charge in [-0.1, -0.05) is 0 Å². The normalized spacial score (nSPS) is 29.1. The van der Waals surface area contributed by atoms with Crippen molar-refractivity contribution >= 4 is 0 Å². The van der Waals surface area contributed by atoms with Crippen LogP contribution in [0.15, 0.2) is 0 Å².